The Balaban J connectivity index is 1.24. The molecule has 2 heterocycles. The fourth-order valence-corrected chi connectivity index (χ4v) is 7.05. The summed E-state index contributed by atoms with van der Waals surface area (Å²) in [5.41, 5.74) is 7.71. The minimum absolute atomic E-state index is 0.0699. The fraction of sp³-hybridized carbons (Fsp3) is 0.355. The predicted octanol–water partition coefficient (Wildman–Crippen LogP) is 5.74. The van der Waals surface area contributed by atoms with Gasteiger partial charge in [-0.05, 0) is 71.9 Å². The summed E-state index contributed by atoms with van der Waals surface area (Å²) in [7, 11) is 0. The molecule has 174 valence electrons. The summed E-state index contributed by atoms with van der Waals surface area (Å²) >= 11 is 0. The number of rotatable bonds is 2. The quantitative estimate of drug-likeness (QED) is 0.489. The number of benzene rings is 3. The Hall–Kier alpha value is -3.40. The lowest BCUT2D eigenvalue weighted by Gasteiger charge is -2.30. The molecule has 3 aliphatic carbocycles. The second-order valence-electron chi connectivity index (χ2n) is 10.8. The van der Waals surface area contributed by atoms with E-state index in [1.165, 1.54) is 33.4 Å². The molecule has 0 aromatic heterocycles. The lowest BCUT2D eigenvalue weighted by molar-refractivity contribution is 0.140. The summed E-state index contributed by atoms with van der Waals surface area (Å²) in [6, 6.07) is 26.4. The molecule has 0 radical (unpaired) electrons. The van der Waals surface area contributed by atoms with Gasteiger partial charge in [-0.15, -0.1) is 0 Å². The molecule has 0 unspecified atom stereocenters. The van der Waals surface area contributed by atoms with E-state index in [-0.39, 0.29) is 24.3 Å². The molecule has 4 heteroatoms. The minimum Gasteiger partial charge on any atom is -0.474 e. The Morgan fingerprint density at radius 3 is 1.49 bits per heavy atom. The van der Waals surface area contributed by atoms with Crippen LogP contribution in [-0.4, -0.2) is 24.0 Å². The Bertz CT molecular complexity index is 1300. The summed E-state index contributed by atoms with van der Waals surface area (Å²) in [5, 5.41) is 0. The highest BCUT2D eigenvalue weighted by atomic mass is 16.5. The number of fused-ring (bicyclic) bond motifs is 7. The molecule has 8 rings (SSSR count). The van der Waals surface area contributed by atoms with Gasteiger partial charge in [0.15, 0.2) is 0 Å². The van der Waals surface area contributed by atoms with Gasteiger partial charge in [-0.3, -0.25) is 0 Å². The normalized spacial score (nSPS) is 28.9. The van der Waals surface area contributed by atoms with Crippen molar-refractivity contribution in [1.29, 1.82) is 0 Å². The molecule has 0 spiro atoms. The molecule has 4 nitrogen and oxygen atoms in total. The third kappa shape index (κ3) is 2.86. The van der Waals surface area contributed by atoms with Gasteiger partial charge in [-0.2, -0.15) is 0 Å². The molecular weight excluding hydrogens is 432 g/mol. The molecule has 5 aliphatic rings. The van der Waals surface area contributed by atoms with Crippen LogP contribution >= 0.6 is 0 Å². The van der Waals surface area contributed by atoms with Crippen molar-refractivity contribution < 1.29 is 9.47 Å². The zero-order valence-corrected chi connectivity index (χ0v) is 19.7. The van der Waals surface area contributed by atoms with E-state index >= 15 is 0 Å². The number of hydrogen-bond acceptors (Lipinski definition) is 4. The van der Waals surface area contributed by atoms with Crippen LogP contribution in [0.1, 0.15) is 58.3 Å². The van der Waals surface area contributed by atoms with Gasteiger partial charge in [0, 0.05) is 0 Å². The van der Waals surface area contributed by atoms with Gasteiger partial charge in [-0.25, -0.2) is 9.98 Å². The summed E-state index contributed by atoms with van der Waals surface area (Å²) in [4.78, 5) is 10.7. The van der Waals surface area contributed by atoms with Gasteiger partial charge in [0.1, 0.15) is 29.7 Å². The van der Waals surface area contributed by atoms with Crippen LogP contribution in [0.25, 0.3) is 0 Å². The number of aryl methyl sites for hydroxylation is 2. The van der Waals surface area contributed by atoms with Gasteiger partial charge in [-0.1, -0.05) is 72.8 Å². The number of nitrogens with zero attached hydrogens (tertiary/aromatic N) is 2. The van der Waals surface area contributed by atoms with Crippen molar-refractivity contribution in [3.63, 3.8) is 0 Å². The molecule has 4 atom stereocenters. The highest BCUT2D eigenvalue weighted by Crippen LogP contribution is 2.50. The summed E-state index contributed by atoms with van der Waals surface area (Å²) in [6.45, 7) is 0. The molecule has 0 fully saturated rings. The minimum atomic E-state index is -0.456. The molecular formula is C31H28N2O2. The van der Waals surface area contributed by atoms with E-state index in [0.717, 1.165) is 50.3 Å². The molecule has 0 amide bonds. The molecule has 35 heavy (non-hydrogen) atoms. The van der Waals surface area contributed by atoms with E-state index < -0.39 is 5.41 Å². The topological polar surface area (TPSA) is 43.2 Å². The largest absolute Gasteiger partial charge is 0.474 e. The van der Waals surface area contributed by atoms with Gasteiger partial charge < -0.3 is 9.47 Å². The van der Waals surface area contributed by atoms with E-state index in [1.807, 2.05) is 0 Å². The predicted molar refractivity (Wildman–Crippen MR) is 136 cm³/mol. The molecule has 0 bridgehead atoms. The zero-order valence-electron chi connectivity index (χ0n) is 19.7. The van der Waals surface area contributed by atoms with Crippen LogP contribution in [0.4, 0.5) is 0 Å². The Morgan fingerprint density at radius 1 is 0.571 bits per heavy atom. The van der Waals surface area contributed by atoms with Gasteiger partial charge in [0.25, 0.3) is 0 Å². The van der Waals surface area contributed by atoms with E-state index in [2.05, 4.69) is 72.8 Å². The first-order valence-corrected chi connectivity index (χ1v) is 13.0. The van der Waals surface area contributed by atoms with Crippen LogP contribution in [0.5, 0.6) is 0 Å². The van der Waals surface area contributed by atoms with Crippen molar-refractivity contribution in [1.82, 2.24) is 0 Å². The van der Waals surface area contributed by atoms with Crippen LogP contribution in [0.15, 0.2) is 82.8 Å². The van der Waals surface area contributed by atoms with Crippen molar-refractivity contribution in [3.05, 3.63) is 106 Å². The molecule has 2 aliphatic heterocycles. The monoisotopic (exact) mass is 460 g/mol. The van der Waals surface area contributed by atoms with Gasteiger partial charge >= 0.3 is 0 Å². The molecule has 0 saturated carbocycles. The average molecular weight is 461 g/mol. The van der Waals surface area contributed by atoms with Crippen LogP contribution in [0.2, 0.25) is 0 Å². The first kappa shape index (κ1) is 19.9. The maximum absolute atomic E-state index is 6.77. The van der Waals surface area contributed by atoms with Crippen LogP contribution in [0.3, 0.4) is 0 Å². The highest BCUT2D eigenvalue weighted by molar-refractivity contribution is 6.08. The van der Waals surface area contributed by atoms with Crippen LogP contribution in [0, 0.1) is 5.41 Å². The van der Waals surface area contributed by atoms with Crippen molar-refractivity contribution >= 4 is 11.8 Å². The lowest BCUT2D eigenvalue weighted by atomic mass is 9.83. The van der Waals surface area contributed by atoms with E-state index in [9.17, 15) is 0 Å². The number of aliphatic imine (C=N–C) groups is 2. The SMILES string of the molecule is c1ccc2c(c1)CC(C1=N[C@H]3c4ccccc4CC[C@H]3O1)(C1=N[C@H]3c4ccccc4CC[C@H]3O1)C2. The highest BCUT2D eigenvalue weighted by Gasteiger charge is 2.56. The van der Waals surface area contributed by atoms with Crippen molar-refractivity contribution in [2.24, 2.45) is 15.4 Å². The van der Waals surface area contributed by atoms with Gasteiger partial charge in [0.2, 0.25) is 11.8 Å². The smallest absolute Gasteiger partial charge is 0.200 e. The summed E-state index contributed by atoms with van der Waals surface area (Å²) < 4.78 is 13.5. The Kier molecular flexibility index (Phi) is 4.14. The average Bonchev–Trinajstić information content (AvgIpc) is 3.64. The molecule has 3 aromatic rings. The summed E-state index contributed by atoms with van der Waals surface area (Å²) in [5.74, 6) is 1.68. The van der Waals surface area contributed by atoms with Gasteiger partial charge in [0.05, 0.1) is 0 Å². The zero-order chi connectivity index (χ0) is 23.0. The Labute approximate surface area is 205 Å². The van der Waals surface area contributed by atoms with Crippen molar-refractivity contribution in [2.75, 3.05) is 0 Å². The second kappa shape index (κ2) is 7.30. The maximum Gasteiger partial charge on any atom is 0.200 e. The van der Waals surface area contributed by atoms with Crippen LogP contribution in [-0.2, 0) is 35.2 Å². The van der Waals surface area contributed by atoms with E-state index in [0.29, 0.717) is 0 Å². The van der Waals surface area contributed by atoms with E-state index in [4.69, 9.17) is 19.5 Å². The number of ether oxygens (including phenoxy) is 2. The number of hydrogen-bond donors (Lipinski definition) is 0. The molecule has 0 saturated heterocycles. The van der Waals surface area contributed by atoms with Crippen molar-refractivity contribution in [3.8, 4) is 0 Å². The molecule has 3 aromatic carbocycles. The fourth-order valence-electron chi connectivity index (χ4n) is 7.05. The van der Waals surface area contributed by atoms with E-state index in [1.54, 1.807) is 0 Å². The first-order chi connectivity index (χ1) is 17.3. The Morgan fingerprint density at radius 2 is 1.00 bits per heavy atom. The standard InChI is InChI=1S/C31H28N2O2/c1-2-10-22-18-31(17-21(22)9-1,29-32-27-23-11-5-3-7-19(23)13-15-25(27)34-29)30-33-28-24-12-6-4-8-20(24)14-16-26(28)35-30/h1-12,25-28H,13-18H2/t25-,26-,27+,28+/m1/s1. The molecule has 0 N–H and O–H groups in total. The second-order valence-corrected chi connectivity index (χ2v) is 10.8. The lowest BCUT2D eigenvalue weighted by Crippen LogP contribution is -2.42. The van der Waals surface area contributed by atoms with Crippen molar-refractivity contribution in [2.45, 2.75) is 62.8 Å². The summed E-state index contributed by atoms with van der Waals surface area (Å²) in [6.07, 6.45) is 5.98. The van der Waals surface area contributed by atoms with Crippen LogP contribution < -0.4 is 0 Å². The first-order valence-electron chi connectivity index (χ1n) is 13.0. The maximum atomic E-state index is 6.77. The third-order valence-corrected chi connectivity index (χ3v) is 8.81. The third-order valence-electron chi connectivity index (χ3n) is 8.81.